The van der Waals surface area contributed by atoms with Gasteiger partial charge in [-0.05, 0) is 88.7 Å². The Morgan fingerprint density at radius 2 is 1.68 bits per heavy atom. The van der Waals surface area contributed by atoms with Gasteiger partial charge in [-0.1, -0.05) is 27.2 Å². The van der Waals surface area contributed by atoms with Crippen LogP contribution in [0.15, 0.2) is 11.6 Å². The molecule has 212 valence electrons. The summed E-state index contributed by atoms with van der Waals surface area (Å²) in [7, 11) is 0. The Bertz CT molecular complexity index is 939. The molecule has 0 aromatic rings. The molecule has 8 nitrogen and oxygen atoms in total. The first-order valence-corrected chi connectivity index (χ1v) is 14.0. The van der Waals surface area contributed by atoms with Crippen LogP contribution in [0.1, 0.15) is 86.5 Å². The van der Waals surface area contributed by atoms with Crippen LogP contribution in [0.2, 0.25) is 0 Å². The number of fused-ring (bicyclic) bond motifs is 5. The molecule has 0 amide bonds. The second-order valence-corrected chi connectivity index (χ2v) is 13.9. The highest BCUT2D eigenvalue weighted by atomic mass is 16.4. The minimum Gasteiger partial charge on any atom is -0.390 e. The number of carbonyl (C=O) groups excluding carboxylic acids is 1. The molecule has 4 rings (SSSR count). The highest BCUT2D eigenvalue weighted by molar-refractivity contribution is 5.95. The van der Waals surface area contributed by atoms with Gasteiger partial charge in [0.15, 0.2) is 5.78 Å². The van der Waals surface area contributed by atoms with Gasteiger partial charge in [0, 0.05) is 16.7 Å². The summed E-state index contributed by atoms with van der Waals surface area (Å²) < 4.78 is 0. The van der Waals surface area contributed by atoms with E-state index in [1.54, 1.807) is 27.7 Å². The first-order chi connectivity index (χ1) is 16.9. The van der Waals surface area contributed by atoms with E-state index in [0.29, 0.717) is 37.7 Å². The molecule has 37 heavy (non-hydrogen) atoms. The van der Waals surface area contributed by atoms with Crippen molar-refractivity contribution in [2.45, 2.75) is 128 Å². The molecule has 4 aliphatic rings. The zero-order valence-corrected chi connectivity index (χ0v) is 23.2. The number of aliphatic hydroxyl groups is 7. The molecule has 0 bridgehead atoms. The van der Waals surface area contributed by atoms with Crippen LogP contribution in [-0.2, 0) is 4.79 Å². The second kappa shape index (κ2) is 9.08. The maximum Gasteiger partial charge on any atom is 0.159 e. The van der Waals surface area contributed by atoms with E-state index in [0.717, 1.165) is 0 Å². The highest BCUT2D eigenvalue weighted by Crippen LogP contribution is 2.68. The fourth-order valence-corrected chi connectivity index (χ4v) is 9.03. The predicted molar refractivity (Wildman–Crippen MR) is 137 cm³/mol. The zero-order valence-electron chi connectivity index (χ0n) is 23.2. The van der Waals surface area contributed by atoms with Crippen molar-refractivity contribution in [3.63, 3.8) is 0 Å². The number of ketones is 1. The molecule has 0 radical (unpaired) electrons. The molecule has 0 aliphatic heterocycles. The van der Waals surface area contributed by atoms with Crippen LogP contribution in [0.5, 0.6) is 0 Å². The predicted octanol–water partition coefficient (Wildman–Crippen LogP) is 1.46. The van der Waals surface area contributed by atoms with Crippen LogP contribution in [0.25, 0.3) is 0 Å². The van der Waals surface area contributed by atoms with Crippen LogP contribution in [0.3, 0.4) is 0 Å². The number of aliphatic hydroxyl groups excluding tert-OH is 4. The van der Waals surface area contributed by atoms with Crippen molar-refractivity contribution in [3.05, 3.63) is 11.6 Å². The third kappa shape index (κ3) is 4.00. The van der Waals surface area contributed by atoms with E-state index in [4.69, 9.17) is 0 Å². The normalized spacial score (nSPS) is 47.3. The van der Waals surface area contributed by atoms with Crippen molar-refractivity contribution in [1.29, 1.82) is 0 Å². The van der Waals surface area contributed by atoms with Crippen LogP contribution < -0.4 is 0 Å². The van der Waals surface area contributed by atoms with Gasteiger partial charge in [0.25, 0.3) is 0 Å². The molecule has 0 saturated heterocycles. The van der Waals surface area contributed by atoms with Crippen molar-refractivity contribution >= 4 is 5.78 Å². The lowest BCUT2D eigenvalue weighted by Crippen LogP contribution is -2.66. The Hall–Kier alpha value is -0.870. The Morgan fingerprint density at radius 1 is 1.05 bits per heavy atom. The number of hydrogen-bond acceptors (Lipinski definition) is 8. The lowest BCUT2D eigenvalue weighted by molar-refractivity contribution is -0.205. The van der Waals surface area contributed by atoms with Crippen LogP contribution in [-0.4, -0.2) is 82.7 Å². The lowest BCUT2D eigenvalue weighted by Gasteiger charge is -2.61. The molecule has 12 atom stereocenters. The van der Waals surface area contributed by atoms with Crippen LogP contribution in [0, 0.1) is 34.5 Å². The summed E-state index contributed by atoms with van der Waals surface area (Å²) in [6.45, 7) is 10.7. The molecule has 0 aromatic carbocycles. The van der Waals surface area contributed by atoms with Crippen molar-refractivity contribution in [3.8, 4) is 0 Å². The van der Waals surface area contributed by atoms with Gasteiger partial charge in [0.2, 0.25) is 0 Å². The van der Waals surface area contributed by atoms with Gasteiger partial charge < -0.3 is 35.7 Å². The Morgan fingerprint density at radius 3 is 2.24 bits per heavy atom. The van der Waals surface area contributed by atoms with Gasteiger partial charge in [-0.15, -0.1) is 0 Å². The van der Waals surface area contributed by atoms with Gasteiger partial charge in [0.1, 0.15) is 6.10 Å². The maximum atomic E-state index is 13.4. The van der Waals surface area contributed by atoms with Gasteiger partial charge in [0.05, 0.1) is 35.1 Å². The number of hydrogen-bond donors (Lipinski definition) is 7. The molecule has 7 N–H and O–H groups in total. The average Bonchev–Trinajstić information content (AvgIpc) is 3.09. The quantitative estimate of drug-likeness (QED) is 0.275. The molecule has 0 spiro atoms. The molecular formula is C29H48O8. The first kappa shape index (κ1) is 29.1. The third-order valence-electron chi connectivity index (χ3n) is 11.7. The summed E-state index contributed by atoms with van der Waals surface area (Å²) in [6.07, 6.45) is -0.788. The maximum absolute atomic E-state index is 13.4. The Labute approximate surface area is 220 Å². The largest absolute Gasteiger partial charge is 0.390 e. The molecule has 12 unspecified atom stereocenters. The average molecular weight is 525 g/mol. The summed E-state index contributed by atoms with van der Waals surface area (Å²) in [5, 5.41) is 77.8. The van der Waals surface area contributed by atoms with Gasteiger partial charge in [-0.2, -0.15) is 0 Å². The molecule has 4 aliphatic carbocycles. The van der Waals surface area contributed by atoms with Crippen molar-refractivity contribution < 1.29 is 40.5 Å². The van der Waals surface area contributed by atoms with Crippen molar-refractivity contribution in [2.75, 3.05) is 0 Å². The highest BCUT2D eigenvalue weighted by Gasteiger charge is 2.70. The fraction of sp³-hybridized carbons (Fsp3) is 0.897. The summed E-state index contributed by atoms with van der Waals surface area (Å²) in [5.74, 6) is -1.97. The number of allylic oxidation sites excluding steroid dienone is 1. The fourth-order valence-electron chi connectivity index (χ4n) is 9.03. The van der Waals surface area contributed by atoms with E-state index in [1.165, 1.54) is 6.08 Å². The third-order valence-corrected chi connectivity index (χ3v) is 11.7. The minimum atomic E-state index is -1.54. The van der Waals surface area contributed by atoms with Gasteiger partial charge in [-0.3, -0.25) is 4.79 Å². The molecule has 3 saturated carbocycles. The SMILES string of the molecule is CCC(CC(O)C(C)(O)C1CCC2(O)C3=CC(=O)C4CC(O)C(O)C(O)C4(C)C3CCC12C)C(C)(C)O. The van der Waals surface area contributed by atoms with Gasteiger partial charge in [-0.25, -0.2) is 0 Å². The summed E-state index contributed by atoms with van der Waals surface area (Å²) in [6, 6.07) is 0. The topological polar surface area (TPSA) is 159 Å². The van der Waals surface area contributed by atoms with E-state index in [-0.39, 0.29) is 30.5 Å². The Balaban J connectivity index is 1.69. The molecule has 3 fully saturated rings. The molecule has 0 heterocycles. The Kier molecular flexibility index (Phi) is 7.15. The number of carbonyl (C=O) groups is 1. The minimum absolute atomic E-state index is 0.0624. The van der Waals surface area contributed by atoms with Crippen LogP contribution >= 0.6 is 0 Å². The summed E-state index contributed by atoms with van der Waals surface area (Å²) >= 11 is 0. The molecule has 8 heteroatoms. The van der Waals surface area contributed by atoms with E-state index < -0.39 is 63.9 Å². The molecular weight excluding hydrogens is 476 g/mol. The van der Waals surface area contributed by atoms with E-state index in [1.807, 2.05) is 13.8 Å². The summed E-state index contributed by atoms with van der Waals surface area (Å²) in [5.41, 5.74) is -5.29. The van der Waals surface area contributed by atoms with Crippen LogP contribution in [0.4, 0.5) is 0 Å². The summed E-state index contributed by atoms with van der Waals surface area (Å²) in [4.78, 5) is 13.4. The lowest BCUT2D eigenvalue weighted by atomic mass is 9.45. The number of rotatable bonds is 6. The molecule has 0 aromatic heterocycles. The van der Waals surface area contributed by atoms with Crippen molar-refractivity contribution in [1.82, 2.24) is 0 Å². The zero-order chi connectivity index (χ0) is 27.9. The first-order valence-electron chi connectivity index (χ1n) is 14.0. The monoisotopic (exact) mass is 524 g/mol. The standard InChI is InChI=1S/C29H48O8/c1-7-15(25(2,3)35)12-22(32)28(6,36)21-9-11-29(37)17-13-19(30)18-14-20(31)23(33)24(34)27(18,5)16(17)8-10-26(21,29)4/h13,15-16,18,20-24,31-37H,7-12,14H2,1-6H3. The van der Waals surface area contributed by atoms with E-state index in [9.17, 15) is 40.5 Å². The second-order valence-electron chi connectivity index (χ2n) is 13.9. The van der Waals surface area contributed by atoms with E-state index in [2.05, 4.69) is 0 Å². The van der Waals surface area contributed by atoms with E-state index >= 15 is 0 Å². The van der Waals surface area contributed by atoms with Crippen molar-refractivity contribution in [2.24, 2.45) is 34.5 Å². The van der Waals surface area contributed by atoms with Gasteiger partial charge >= 0.3 is 0 Å². The smallest absolute Gasteiger partial charge is 0.159 e.